The van der Waals surface area contributed by atoms with E-state index in [1.54, 1.807) is 30.3 Å². The van der Waals surface area contributed by atoms with Crippen molar-refractivity contribution >= 4 is 11.9 Å². The number of phenolic OH excluding ortho intramolecular Hbond substituents is 1. The van der Waals surface area contributed by atoms with Crippen LogP contribution >= 0.6 is 0 Å². The van der Waals surface area contributed by atoms with Crippen LogP contribution in [0.5, 0.6) is 28.7 Å². The van der Waals surface area contributed by atoms with Gasteiger partial charge in [-0.1, -0.05) is 18.2 Å². The number of carbonyl (C=O) groups excluding carboxylic acids is 2. The molecule has 3 aromatic carbocycles. The van der Waals surface area contributed by atoms with E-state index in [0.29, 0.717) is 11.5 Å². The van der Waals surface area contributed by atoms with E-state index >= 15 is 0 Å². The normalized spacial score (nSPS) is 10.1. The molecule has 7 heteroatoms. The van der Waals surface area contributed by atoms with Gasteiger partial charge in [-0.15, -0.1) is 0 Å². The van der Waals surface area contributed by atoms with E-state index < -0.39 is 11.9 Å². The third kappa shape index (κ3) is 4.65. The summed E-state index contributed by atoms with van der Waals surface area (Å²) in [5.41, 5.74) is 0.440. The zero-order valence-corrected chi connectivity index (χ0v) is 15.7. The number of benzene rings is 3. The second-order valence-electron chi connectivity index (χ2n) is 5.85. The van der Waals surface area contributed by atoms with Crippen molar-refractivity contribution < 1.29 is 33.6 Å². The van der Waals surface area contributed by atoms with Crippen LogP contribution in [0, 0.1) is 0 Å². The monoisotopic (exact) mass is 394 g/mol. The number of phenols is 1. The van der Waals surface area contributed by atoms with E-state index in [9.17, 15) is 14.7 Å². The lowest BCUT2D eigenvalue weighted by atomic mass is 10.2. The molecule has 7 nitrogen and oxygen atoms in total. The maximum atomic E-state index is 12.5. The molecule has 0 bridgehead atoms. The van der Waals surface area contributed by atoms with Gasteiger partial charge in [0.25, 0.3) is 0 Å². The lowest BCUT2D eigenvalue weighted by Gasteiger charge is -2.12. The largest absolute Gasteiger partial charge is 0.504 e. The number of aromatic hydroxyl groups is 1. The summed E-state index contributed by atoms with van der Waals surface area (Å²) in [6.07, 6.45) is 0. The Morgan fingerprint density at radius 1 is 0.724 bits per heavy atom. The van der Waals surface area contributed by atoms with E-state index in [2.05, 4.69) is 0 Å². The molecule has 0 spiro atoms. The predicted octanol–water partition coefficient (Wildman–Crippen LogP) is 3.85. The molecule has 0 atom stereocenters. The van der Waals surface area contributed by atoms with Crippen LogP contribution in [0.25, 0.3) is 0 Å². The maximum absolute atomic E-state index is 12.5. The number of rotatable bonds is 6. The van der Waals surface area contributed by atoms with Crippen LogP contribution in [-0.4, -0.2) is 31.3 Å². The molecule has 0 heterocycles. The van der Waals surface area contributed by atoms with Crippen molar-refractivity contribution in [3.05, 3.63) is 77.9 Å². The van der Waals surface area contributed by atoms with Gasteiger partial charge in [0.1, 0.15) is 11.5 Å². The Bertz CT molecular complexity index is 1040. The molecule has 0 unspecified atom stereocenters. The summed E-state index contributed by atoms with van der Waals surface area (Å²) in [6, 6.07) is 16.9. The second-order valence-corrected chi connectivity index (χ2v) is 5.85. The molecule has 0 amide bonds. The van der Waals surface area contributed by atoms with E-state index in [-0.39, 0.29) is 28.4 Å². The Labute approximate surface area is 167 Å². The Hall–Kier alpha value is -4.00. The van der Waals surface area contributed by atoms with E-state index in [4.69, 9.17) is 18.9 Å². The van der Waals surface area contributed by atoms with Crippen LogP contribution in [-0.2, 0) is 0 Å². The molecule has 0 saturated carbocycles. The van der Waals surface area contributed by atoms with Crippen LogP contribution in [0.1, 0.15) is 20.7 Å². The number of esters is 2. The van der Waals surface area contributed by atoms with Gasteiger partial charge in [-0.3, -0.25) is 0 Å². The molecular weight excluding hydrogens is 376 g/mol. The lowest BCUT2D eigenvalue weighted by Crippen LogP contribution is -2.13. The van der Waals surface area contributed by atoms with Crippen molar-refractivity contribution in [2.45, 2.75) is 0 Å². The number of methoxy groups -OCH3 is 2. The Balaban J connectivity index is 1.85. The topological polar surface area (TPSA) is 91.3 Å². The van der Waals surface area contributed by atoms with Crippen LogP contribution in [0.3, 0.4) is 0 Å². The number of carbonyl (C=O) groups is 2. The number of ether oxygens (including phenoxy) is 4. The number of hydrogen-bond acceptors (Lipinski definition) is 7. The predicted molar refractivity (Wildman–Crippen MR) is 104 cm³/mol. The fraction of sp³-hybridized carbons (Fsp3) is 0.0909. The highest BCUT2D eigenvalue weighted by atomic mass is 16.6. The molecule has 0 saturated heterocycles. The van der Waals surface area contributed by atoms with Gasteiger partial charge in [0.15, 0.2) is 11.5 Å². The van der Waals surface area contributed by atoms with Crippen molar-refractivity contribution in [2.24, 2.45) is 0 Å². The van der Waals surface area contributed by atoms with Gasteiger partial charge in [-0.05, 0) is 48.5 Å². The fourth-order valence-corrected chi connectivity index (χ4v) is 2.50. The Morgan fingerprint density at radius 2 is 1.24 bits per heavy atom. The standard InChI is InChI=1S/C22H18O7/c1-26-16-8-3-6-14(12-16)21(24)28-19-11-5-10-18(23)20(19)29-22(25)15-7-4-9-17(13-15)27-2/h3-13,23H,1-2H3. The van der Waals surface area contributed by atoms with Crippen molar-refractivity contribution in [1.29, 1.82) is 0 Å². The van der Waals surface area contributed by atoms with Crippen LogP contribution in [0.2, 0.25) is 0 Å². The molecule has 3 rings (SSSR count). The molecule has 0 aliphatic carbocycles. The minimum absolute atomic E-state index is 0.103. The fourth-order valence-electron chi connectivity index (χ4n) is 2.50. The first-order valence-corrected chi connectivity index (χ1v) is 8.56. The second kappa shape index (κ2) is 8.79. The minimum atomic E-state index is -0.746. The molecule has 3 aromatic rings. The first kappa shape index (κ1) is 19.8. The highest BCUT2D eigenvalue weighted by molar-refractivity contribution is 5.94. The highest BCUT2D eigenvalue weighted by Crippen LogP contribution is 2.37. The third-order valence-corrected chi connectivity index (χ3v) is 3.97. The Morgan fingerprint density at radius 3 is 1.79 bits per heavy atom. The van der Waals surface area contributed by atoms with Gasteiger partial charge >= 0.3 is 11.9 Å². The molecule has 0 aromatic heterocycles. The first-order valence-electron chi connectivity index (χ1n) is 8.56. The van der Waals surface area contributed by atoms with Crippen LogP contribution < -0.4 is 18.9 Å². The third-order valence-electron chi connectivity index (χ3n) is 3.97. The summed E-state index contributed by atoms with van der Waals surface area (Å²) in [7, 11) is 2.96. The van der Waals surface area contributed by atoms with E-state index in [1.807, 2.05) is 0 Å². The Kier molecular flexibility index (Phi) is 5.99. The molecule has 1 N–H and O–H groups in total. The maximum Gasteiger partial charge on any atom is 0.343 e. The van der Waals surface area contributed by atoms with Crippen LogP contribution in [0.15, 0.2) is 66.7 Å². The summed E-state index contributed by atoms with van der Waals surface area (Å²) in [5.74, 6) is -1.21. The molecule has 0 aliphatic rings. The van der Waals surface area contributed by atoms with Crippen molar-refractivity contribution in [3.8, 4) is 28.7 Å². The zero-order chi connectivity index (χ0) is 20.8. The van der Waals surface area contributed by atoms with Crippen molar-refractivity contribution in [2.75, 3.05) is 14.2 Å². The van der Waals surface area contributed by atoms with Gasteiger partial charge in [0, 0.05) is 0 Å². The smallest absolute Gasteiger partial charge is 0.343 e. The summed E-state index contributed by atoms with van der Waals surface area (Å²) in [5, 5.41) is 10.1. The average molecular weight is 394 g/mol. The number of hydrogen-bond donors (Lipinski definition) is 1. The van der Waals surface area contributed by atoms with Gasteiger partial charge < -0.3 is 24.1 Å². The molecule has 0 fully saturated rings. The van der Waals surface area contributed by atoms with Crippen molar-refractivity contribution in [1.82, 2.24) is 0 Å². The van der Waals surface area contributed by atoms with E-state index in [0.717, 1.165) is 0 Å². The average Bonchev–Trinajstić information content (AvgIpc) is 2.76. The van der Waals surface area contributed by atoms with Gasteiger partial charge in [0.05, 0.1) is 25.3 Å². The summed E-state index contributed by atoms with van der Waals surface area (Å²) in [4.78, 5) is 24.9. The molecule has 148 valence electrons. The molecule has 0 radical (unpaired) electrons. The molecule has 29 heavy (non-hydrogen) atoms. The van der Waals surface area contributed by atoms with Crippen molar-refractivity contribution in [3.63, 3.8) is 0 Å². The SMILES string of the molecule is COc1cccc(C(=O)Oc2cccc(O)c2OC(=O)c2cccc(OC)c2)c1. The summed E-state index contributed by atoms with van der Waals surface area (Å²) < 4.78 is 20.8. The number of para-hydroxylation sites is 1. The van der Waals surface area contributed by atoms with Crippen LogP contribution in [0.4, 0.5) is 0 Å². The van der Waals surface area contributed by atoms with E-state index in [1.165, 1.54) is 50.6 Å². The first-order chi connectivity index (χ1) is 14.0. The molecular formula is C22H18O7. The zero-order valence-electron chi connectivity index (χ0n) is 15.7. The lowest BCUT2D eigenvalue weighted by molar-refractivity contribution is 0.0678. The van der Waals surface area contributed by atoms with Gasteiger partial charge in [-0.2, -0.15) is 0 Å². The summed E-state index contributed by atoms with van der Waals surface area (Å²) in [6.45, 7) is 0. The van der Waals surface area contributed by atoms with Gasteiger partial charge in [0.2, 0.25) is 5.75 Å². The highest BCUT2D eigenvalue weighted by Gasteiger charge is 2.20. The van der Waals surface area contributed by atoms with Gasteiger partial charge in [-0.25, -0.2) is 9.59 Å². The molecule has 0 aliphatic heterocycles. The summed E-state index contributed by atoms with van der Waals surface area (Å²) >= 11 is 0. The quantitative estimate of drug-likeness (QED) is 0.502. The minimum Gasteiger partial charge on any atom is -0.504 e.